The Hall–Kier alpha value is -3.42. The average molecular weight is 527 g/mol. The second-order valence-electron chi connectivity index (χ2n) is 7.11. The number of carbonyl (C=O) groups is 2. The minimum absolute atomic E-state index is 0.100. The number of carbonyl (C=O) groups excluding carboxylic acids is 2. The van der Waals surface area contributed by atoms with Gasteiger partial charge < -0.3 is 14.2 Å². The highest BCUT2D eigenvalue weighted by Crippen LogP contribution is 2.38. The molecule has 0 amide bonds. The van der Waals surface area contributed by atoms with Crippen LogP contribution in [0.5, 0.6) is 11.5 Å². The van der Waals surface area contributed by atoms with Gasteiger partial charge in [0.15, 0.2) is 17.2 Å². The predicted molar refractivity (Wildman–Crippen MR) is 129 cm³/mol. The van der Waals surface area contributed by atoms with Gasteiger partial charge in [0, 0.05) is 0 Å². The summed E-state index contributed by atoms with van der Waals surface area (Å²) in [5.41, 5.74) is 2.57. The van der Waals surface area contributed by atoms with E-state index in [4.69, 9.17) is 25.8 Å². The molecule has 1 aliphatic rings. The van der Waals surface area contributed by atoms with E-state index >= 15 is 0 Å². The predicted octanol–water partition coefficient (Wildman–Crippen LogP) is 5.98. The van der Waals surface area contributed by atoms with Crippen LogP contribution >= 0.6 is 27.5 Å². The molecule has 3 aromatic rings. The Morgan fingerprint density at radius 2 is 1.91 bits per heavy atom. The van der Waals surface area contributed by atoms with Crippen molar-refractivity contribution >= 4 is 51.4 Å². The van der Waals surface area contributed by atoms with Crippen molar-refractivity contribution in [1.82, 2.24) is 0 Å². The minimum atomic E-state index is -0.602. The molecule has 0 atom stereocenters. The topological polar surface area (TPSA) is 74.2 Å². The average Bonchev–Trinajstić information content (AvgIpc) is 3.15. The zero-order chi connectivity index (χ0) is 23.5. The highest BCUT2D eigenvalue weighted by molar-refractivity contribution is 9.10. The van der Waals surface area contributed by atoms with Crippen LogP contribution in [0, 0.1) is 6.92 Å². The fraction of sp³-hybridized carbons (Fsp3) is 0.0800. The molecule has 3 aromatic carbocycles. The molecule has 0 unspecified atom stereocenters. The number of aryl methyl sites for hydroxylation is 1. The summed E-state index contributed by atoms with van der Waals surface area (Å²) in [7, 11) is 1.46. The monoisotopic (exact) mass is 525 g/mol. The maximum absolute atomic E-state index is 12.6. The van der Waals surface area contributed by atoms with Crippen LogP contribution in [0.1, 0.15) is 27.0 Å². The lowest BCUT2D eigenvalue weighted by Gasteiger charge is -2.12. The molecule has 0 aromatic heterocycles. The number of methoxy groups -OCH3 is 1. The first kappa shape index (κ1) is 22.8. The number of benzene rings is 3. The molecule has 0 N–H and O–H groups in total. The van der Waals surface area contributed by atoms with Gasteiger partial charge in [0.1, 0.15) is 0 Å². The van der Waals surface area contributed by atoms with Crippen molar-refractivity contribution in [2.75, 3.05) is 7.11 Å². The molecule has 1 heterocycles. The number of cyclic esters (lactones) is 1. The van der Waals surface area contributed by atoms with E-state index in [0.29, 0.717) is 31.9 Å². The zero-order valence-electron chi connectivity index (χ0n) is 17.6. The third-order valence-corrected chi connectivity index (χ3v) is 5.65. The Morgan fingerprint density at radius 3 is 2.64 bits per heavy atom. The Bertz CT molecular complexity index is 1330. The molecule has 0 fully saturated rings. The van der Waals surface area contributed by atoms with Crippen molar-refractivity contribution in [3.63, 3.8) is 0 Å². The van der Waals surface area contributed by atoms with Crippen molar-refractivity contribution in [3.8, 4) is 11.5 Å². The highest BCUT2D eigenvalue weighted by Gasteiger charge is 2.26. The smallest absolute Gasteiger partial charge is 0.363 e. The maximum Gasteiger partial charge on any atom is 0.363 e. The van der Waals surface area contributed by atoms with Gasteiger partial charge >= 0.3 is 11.9 Å². The number of nitrogens with zero attached hydrogens (tertiary/aromatic N) is 1. The summed E-state index contributed by atoms with van der Waals surface area (Å²) in [6, 6.07) is 17.4. The third-order valence-electron chi connectivity index (χ3n) is 4.73. The number of halogens is 2. The summed E-state index contributed by atoms with van der Waals surface area (Å²) >= 11 is 9.60. The molecule has 0 saturated carbocycles. The Balaban J connectivity index is 1.64. The van der Waals surface area contributed by atoms with Crippen LogP contribution in [0.25, 0.3) is 6.08 Å². The molecule has 166 valence electrons. The Morgan fingerprint density at radius 1 is 1.12 bits per heavy atom. The molecule has 0 radical (unpaired) electrons. The van der Waals surface area contributed by atoms with Gasteiger partial charge in [-0.1, -0.05) is 41.4 Å². The first-order valence-corrected chi connectivity index (χ1v) is 11.0. The normalized spacial score (nSPS) is 14.1. The standard InChI is InChI=1S/C25H17BrClNO5/c1-14-6-5-7-16(10-14)24(29)32-22-18(26)11-15(13-21(22)31-2)12-20-25(30)33-23(28-20)17-8-3-4-9-19(17)27/h3-13H,1-2H3/b20-12-. The lowest BCUT2D eigenvalue weighted by molar-refractivity contribution is -0.129. The molecule has 33 heavy (non-hydrogen) atoms. The summed E-state index contributed by atoms with van der Waals surface area (Å²) < 4.78 is 16.7. The van der Waals surface area contributed by atoms with E-state index in [9.17, 15) is 9.59 Å². The molecule has 0 spiro atoms. The van der Waals surface area contributed by atoms with Crippen molar-refractivity contribution < 1.29 is 23.8 Å². The zero-order valence-corrected chi connectivity index (χ0v) is 19.9. The van der Waals surface area contributed by atoms with Gasteiger partial charge in [0.2, 0.25) is 5.90 Å². The molecule has 6 nitrogen and oxygen atoms in total. The van der Waals surface area contributed by atoms with E-state index in [2.05, 4.69) is 20.9 Å². The van der Waals surface area contributed by atoms with Crippen LogP contribution in [-0.2, 0) is 9.53 Å². The van der Waals surface area contributed by atoms with Crippen LogP contribution in [0.15, 0.2) is 75.8 Å². The van der Waals surface area contributed by atoms with Crippen LogP contribution in [0.2, 0.25) is 5.02 Å². The summed E-state index contributed by atoms with van der Waals surface area (Å²) in [6.07, 6.45) is 1.55. The van der Waals surface area contributed by atoms with Gasteiger partial charge in [-0.2, -0.15) is 0 Å². The first-order valence-electron chi connectivity index (χ1n) is 9.79. The number of ether oxygens (including phenoxy) is 3. The summed E-state index contributed by atoms with van der Waals surface area (Å²) in [5.74, 6) is -0.460. The van der Waals surface area contributed by atoms with Gasteiger partial charge in [-0.25, -0.2) is 14.6 Å². The van der Waals surface area contributed by atoms with E-state index in [-0.39, 0.29) is 17.3 Å². The van der Waals surface area contributed by atoms with Crippen molar-refractivity contribution in [2.45, 2.75) is 6.92 Å². The Labute approximate surface area is 203 Å². The SMILES string of the molecule is COc1cc(/C=C2\N=C(c3ccccc3Cl)OC2=O)cc(Br)c1OC(=O)c1cccc(C)c1. The summed E-state index contributed by atoms with van der Waals surface area (Å²) in [6.45, 7) is 1.89. The first-order chi connectivity index (χ1) is 15.9. The van der Waals surface area contributed by atoms with Crippen LogP contribution < -0.4 is 9.47 Å². The maximum atomic E-state index is 12.6. The van der Waals surface area contributed by atoms with Gasteiger partial charge in [0.05, 0.1) is 27.7 Å². The molecule has 4 rings (SSSR count). The van der Waals surface area contributed by atoms with E-state index in [1.165, 1.54) is 7.11 Å². The molecular weight excluding hydrogens is 510 g/mol. The van der Waals surface area contributed by atoms with Crippen LogP contribution in [0.4, 0.5) is 0 Å². The minimum Gasteiger partial charge on any atom is -0.493 e. The molecule has 1 aliphatic heterocycles. The van der Waals surface area contributed by atoms with Crippen molar-refractivity contribution in [2.24, 2.45) is 4.99 Å². The molecular formula is C25H17BrClNO5. The Kier molecular flexibility index (Phi) is 6.62. The summed E-state index contributed by atoms with van der Waals surface area (Å²) in [4.78, 5) is 29.2. The number of esters is 2. The molecule has 0 bridgehead atoms. The largest absolute Gasteiger partial charge is 0.493 e. The van der Waals surface area contributed by atoms with Gasteiger partial charge in [0.25, 0.3) is 0 Å². The number of aliphatic imine (C=N–C) groups is 1. The molecule has 0 aliphatic carbocycles. The van der Waals surface area contributed by atoms with Crippen LogP contribution in [-0.4, -0.2) is 24.9 Å². The lowest BCUT2D eigenvalue weighted by atomic mass is 10.1. The number of rotatable bonds is 5. The van der Waals surface area contributed by atoms with Gasteiger partial charge in [-0.05, 0) is 70.9 Å². The highest BCUT2D eigenvalue weighted by atomic mass is 79.9. The number of hydrogen-bond acceptors (Lipinski definition) is 6. The van der Waals surface area contributed by atoms with Crippen molar-refractivity contribution in [1.29, 1.82) is 0 Å². The lowest BCUT2D eigenvalue weighted by Crippen LogP contribution is -2.10. The number of hydrogen-bond donors (Lipinski definition) is 0. The third kappa shape index (κ3) is 4.99. The van der Waals surface area contributed by atoms with Gasteiger partial charge in [-0.15, -0.1) is 0 Å². The summed E-state index contributed by atoms with van der Waals surface area (Å²) in [5, 5.41) is 0.425. The fourth-order valence-electron chi connectivity index (χ4n) is 3.16. The molecule has 8 heteroatoms. The quantitative estimate of drug-likeness (QED) is 0.232. The van der Waals surface area contributed by atoms with Gasteiger partial charge in [-0.3, -0.25) is 0 Å². The van der Waals surface area contributed by atoms with E-state index < -0.39 is 11.9 Å². The van der Waals surface area contributed by atoms with Crippen molar-refractivity contribution in [3.05, 3.63) is 98.1 Å². The fourth-order valence-corrected chi connectivity index (χ4v) is 3.92. The molecule has 0 saturated heterocycles. The second kappa shape index (κ2) is 9.60. The van der Waals surface area contributed by atoms with Crippen LogP contribution in [0.3, 0.4) is 0 Å². The second-order valence-corrected chi connectivity index (χ2v) is 8.37. The van der Waals surface area contributed by atoms with E-state index in [0.717, 1.165) is 5.56 Å². The van der Waals surface area contributed by atoms with E-state index in [1.54, 1.807) is 60.7 Å². The van der Waals surface area contributed by atoms with E-state index in [1.807, 2.05) is 13.0 Å².